The predicted octanol–water partition coefficient (Wildman–Crippen LogP) is 3.56. The van der Waals surface area contributed by atoms with Gasteiger partial charge >= 0.3 is 0 Å². The molecular weight excluding hydrogens is 500 g/mol. The van der Waals surface area contributed by atoms with Crippen LogP contribution in [0, 0.1) is 47.3 Å². The van der Waals surface area contributed by atoms with Crippen LogP contribution in [0.4, 0.5) is 0 Å². The smallest absolute Gasteiger partial charge is 0.190 e. The molecular formula is C31H38O8. The zero-order chi connectivity index (χ0) is 29.6. The molecule has 3 aliphatic carbocycles. The van der Waals surface area contributed by atoms with Crippen LogP contribution < -0.4 is 0 Å². The number of carbonyl (C=O) groups excluding carboxylic acids is 6. The molecule has 8 nitrogen and oxygen atoms in total. The van der Waals surface area contributed by atoms with Crippen LogP contribution in [0.25, 0.3) is 0 Å². The van der Waals surface area contributed by atoms with Crippen molar-refractivity contribution in [3.05, 3.63) is 28.8 Å². The van der Waals surface area contributed by atoms with E-state index in [0.717, 1.165) is 12.5 Å². The molecule has 3 aliphatic rings. The van der Waals surface area contributed by atoms with E-state index in [2.05, 4.69) is 0 Å². The molecule has 0 radical (unpaired) electrons. The third-order valence-corrected chi connectivity index (χ3v) is 10.6. The summed E-state index contributed by atoms with van der Waals surface area (Å²) in [5.41, 5.74) is -4.69. The number of phenols is 1. The van der Waals surface area contributed by atoms with Crippen molar-refractivity contribution >= 4 is 34.7 Å². The lowest BCUT2D eigenvalue weighted by Gasteiger charge is -2.67. The maximum atomic E-state index is 14.6. The van der Waals surface area contributed by atoms with Gasteiger partial charge in [-0.15, -0.1) is 0 Å². The maximum absolute atomic E-state index is 14.6. The summed E-state index contributed by atoms with van der Waals surface area (Å²) < 4.78 is 0. The number of rotatable bonds is 5. The molecule has 1 aromatic carbocycles. The summed E-state index contributed by atoms with van der Waals surface area (Å²) in [7, 11) is 0. The molecule has 0 bridgehead atoms. The number of aryl methyl sites for hydroxylation is 1. The van der Waals surface area contributed by atoms with Crippen molar-refractivity contribution in [2.75, 3.05) is 0 Å². The Morgan fingerprint density at radius 2 is 1.64 bits per heavy atom. The van der Waals surface area contributed by atoms with Crippen LogP contribution in [0.15, 0.2) is 12.1 Å². The van der Waals surface area contributed by atoms with E-state index in [4.69, 9.17) is 0 Å². The SMILES string of the molecule is CCC(=O)C[C@@H]1[C@]2(C)C(C(=O)c3c(O)ccc(C)c3[C@H]2C)C(=O)[C@@]2(O)C(=O)C(C(C)=O)C(=O)C(C(C)C)[C@@]12C. The van der Waals surface area contributed by atoms with Crippen LogP contribution in [0.5, 0.6) is 5.75 Å². The van der Waals surface area contributed by atoms with Crippen molar-refractivity contribution in [3.8, 4) is 5.75 Å². The Bertz CT molecular complexity index is 1340. The van der Waals surface area contributed by atoms with Crippen LogP contribution in [0.2, 0.25) is 0 Å². The third kappa shape index (κ3) is 3.33. The van der Waals surface area contributed by atoms with Gasteiger partial charge in [-0.3, -0.25) is 28.8 Å². The summed E-state index contributed by atoms with van der Waals surface area (Å²) in [6, 6.07) is 3.05. The van der Waals surface area contributed by atoms with Gasteiger partial charge in [0.15, 0.2) is 28.7 Å². The number of carbonyl (C=O) groups is 6. The molecule has 2 saturated carbocycles. The van der Waals surface area contributed by atoms with Gasteiger partial charge in [0, 0.05) is 24.2 Å². The lowest BCUT2D eigenvalue weighted by atomic mass is 9.34. The minimum atomic E-state index is -2.86. The van der Waals surface area contributed by atoms with Crippen molar-refractivity contribution in [1.29, 1.82) is 0 Å². The largest absolute Gasteiger partial charge is 0.507 e. The van der Waals surface area contributed by atoms with Crippen molar-refractivity contribution in [3.63, 3.8) is 0 Å². The normalized spacial score (nSPS) is 37.8. The Morgan fingerprint density at radius 1 is 1.05 bits per heavy atom. The van der Waals surface area contributed by atoms with E-state index in [9.17, 15) is 39.0 Å². The number of aliphatic hydroxyl groups is 1. The van der Waals surface area contributed by atoms with E-state index in [1.54, 1.807) is 40.7 Å². The molecule has 0 spiro atoms. The lowest BCUT2D eigenvalue weighted by Crippen LogP contribution is -2.80. The molecule has 3 unspecified atom stereocenters. The first-order valence-corrected chi connectivity index (χ1v) is 13.7. The lowest BCUT2D eigenvalue weighted by molar-refractivity contribution is -0.225. The van der Waals surface area contributed by atoms with E-state index in [-0.39, 0.29) is 29.9 Å². The first kappa shape index (κ1) is 29.0. The quantitative estimate of drug-likeness (QED) is 0.542. The Labute approximate surface area is 228 Å². The Hall–Kier alpha value is -3.00. The zero-order valence-corrected chi connectivity index (χ0v) is 23.9. The fourth-order valence-electron chi connectivity index (χ4n) is 8.65. The first-order chi connectivity index (χ1) is 17.9. The minimum absolute atomic E-state index is 0.0334. The Morgan fingerprint density at radius 3 is 2.15 bits per heavy atom. The molecule has 8 heteroatoms. The van der Waals surface area contributed by atoms with Gasteiger partial charge in [-0.05, 0) is 54.2 Å². The van der Waals surface area contributed by atoms with Crippen molar-refractivity contribution in [2.45, 2.75) is 79.8 Å². The third-order valence-electron chi connectivity index (χ3n) is 10.6. The van der Waals surface area contributed by atoms with Gasteiger partial charge in [0.05, 0.1) is 11.5 Å². The van der Waals surface area contributed by atoms with Gasteiger partial charge in [-0.2, -0.15) is 0 Å². The van der Waals surface area contributed by atoms with Crippen LogP contribution in [-0.2, 0) is 24.0 Å². The summed E-state index contributed by atoms with van der Waals surface area (Å²) in [6.07, 6.45) is -0.0301. The monoisotopic (exact) mass is 538 g/mol. The fraction of sp³-hybridized carbons (Fsp3) is 0.613. The van der Waals surface area contributed by atoms with E-state index in [1.165, 1.54) is 13.0 Å². The predicted molar refractivity (Wildman–Crippen MR) is 141 cm³/mol. The summed E-state index contributed by atoms with van der Waals surface area (Å²) in [6.45, 7) is 13.1. The number of hydrogen-bond acceptors (Lipinski definition) is 8. The van der Waals surface area contributed by atoms with Gasteiger partial charge in [0.1, 0.15) is 23.2 Å². The second kappa shape index (κ2) is 9.01. The van der Waals surface area contributed by atoms with Crippen molar-refractivity contribution in [1.82, 2.24) is 0 Å². The highest BCUT2D eigenvalue weighted by Crippen LogP contribution is 2.70. The topological polar surface area (TPSA) is 143 Å². The molecule has 2 fully saturated rings. The number of fused-ring (bicyclic) bond motifs is 3. The minimum Gasteiger partial charge on any atom is -0.507 e. The van der Waals surface area contributed by atoms with Crippen molar-refractivity contribution in [2.24, 2.45) is 40.4 Å². The Kier molecular flexibility index (Phi) is 6.70. The summed E-state index contributed by atoms with van der Waals surface area (Å²) >= 11 is 0. The Balaban J connectivity index is 2.17. The molecule has 0 heterocycles. The van der Waals surface area contributed by atoms with Crippen LogP contribution in [-0.4, -0.2) is 50.5 Å². The molecule has 2 N–H and O–H groups in total. The van der Waals surface area contributed by atoms with Crippen LogP contribution in [0.1, 0.15) is 88.7 Å². The maximum Gasteiger partial charge on any atom is 0.190 e. The van der Waals surface area contributed by atoms with Gasteiger partial charge in [0.25, 0.3) is 0 Å². The summed E-state index contributed by atoms with van der Waals surface area (Å²) in [5.74, 6) is -11.5. The van der Waals surface area contributed by atoms with Gasteiger partial charge in [-0.1, -0.05) is 47.6 Å². The number of phenolic OH excluding ortho intramolecular Hbond substituents is 1. The van der Waals surface area contributed by atoms with E-state index in [1.807, 2.05) is 6.92 Å². The number of benzene rings is 1. The second-order valence-electron chi connectivity index (χ2n) is 12.6. The molecule has 0 saturated heterocycles. The molecule has 1 aromatic rings. The molecule has 0 aliphatic heterocycles. The number of hydrogen-bond donors (Lipinski definition) is 2. The van der Waals surface area contributed by atoms with E-state index in [0.29, 0.717) is 5.56 Å². The first-order valence-electron chi connectivity index (χ1n) is 13.7. The molecule has 210 valence electrons. The second-order valence-corrected chi connectivity index (χ2v) is 12.6. The van der Waals surface area contributed by atoms with E-state index < -0.39 is 80.9 Å². The number of aromatic hydroxyl groups is 1. The number of Topliss-reactive ketones (excluding diaryl/α,β-unsaturated/α-hetero) is 6. The van der Waals surface area contributed by atoms with Crippen LogP contribution >= 0.6 is 0 Å². The summed E-state index contributed by atoms with van der Waals surface area (Å²) in [4.78, 5) is 82.4. The highest BCUT2D eigenvalue weighted by atomic mass is 16.3. The molecule has 4 rings (SSSR count). The zero-order valence-electron chi connectivity index (χ0n) is 23.9. The highest BCUT2D eigenvalue weighted by molar-refractivity contribution is 6.32. The average Bonchev–Trinajstić information content (AvgIpc) is 2.84. The molecule has 0 aromatic heterocycles. The van der Waals surface area contributed by atoms with E-state index >= 15 is 0 Å². The van der Waals surface area contributed by atoms with Gasteiger partial charge < -0.3 is 10.2 Å². The van der Waals surface area contributed by atoms with Gasteiger partial charge in [-0.25, -0.2) is 0 Å². The number of ketones is 6. The molecule has 39 heavy (non-hydrogen) atoms. The molecule has 8 atom stereocenters. The van der Waals surface area contributed by atoms with Gasteiger partial charge in [0.2, 0.25) is 0 Å². The highest BCUT2D eigenvalue weighted by Gasteiger charge is 2.80. The average molecular weight is 539 g/mol. The fourth-order valence-corrected chi connectivity index (χ4v) is 8.65. The summed E-state index contributed by atoms with van der Waals surface area (Å²) in [5, 5.41) is 23.1. The van der Waals surface area contributed by atoms with Crippen molar-refractivity contribution < 1.29 is 39.0 Å². The standard InChI is InChI=1S/C31H38O8/c1-9-17(33)12-19-29(7)15(5)20-14(4)10-11-18(34)22(20)26(36)24(29)28(38)31(39)27(37)21(16(6)32)25(35)23(13(2)3)30(19,31)8/h10-11,13,15,19,21,23-24,34,39H,9,12H2,1-8H3/t15-,19-,21?,23?,24?,29-,30-,31+/m1/s1. The molecule has 0 amide bonds. The van der Waals surface area contributed by atoms with Crippen LogP contribution in [0.3, 0.4) is 0 Å².